The smallest absolute Gasteiger partial charge is 0.254 e. The van der Waals surface area contributed by atoms with Crippen LogP contribution in [-0.4, -0.2) is 44.6 Å². The zero-order chi connectivity index (χ0) is 15.3. The third-order valence-corrected chi connectivity index (χ3v) is 6.16. The second-order valence-corrected chi connectivity index (χ2v) is 9.26. The molecule has 2 fully saturated rings. The Kier molecular flexibility index (Phi) is 3.62. The highest BCUT2D eigenvalue weighted by Gasteiger charge is 2.50. The molecule has 0 unspecified atom stereocenters. The summed E-state index contributed by atoms with van der Waals surface area (Å²) in [4.78, 5) is 15.5. The Bertz CT molecular complexity index is 660. The summed E-state index contributed by atoms with van der Waals surface area (Å²) in [6.45, 7) is 3.50. The first kappa shape index (κ1) is 15.0. The van der Waals surface area contributed by atoms with Crippen LogP contribution in [0.15, 0.2) is 11.4 Å². The van der Waals surface area contributed by atoms with Crippen molar-refractivity contribution in [2.75, 3.05) is 19.3 Å². The average Bonchev–Trinajstić information content (AvgIpc) is 2.92. The molecule has 1 aliphatic carbocycles. The van der Waals surface area contributed by atoms with Crippen molar-refractivity contribution in [3.8, 4) is 0 Å². The minimum Gasteiger partial charge on any atom is -0.338 e. The SMILES string of the molecule is Cc1sccc1C(=O)N1CCC2(CC(NS(C)(=O)=O)C2)C1. The van der Waals surface area contributed by atoms with Gasteiger partial charge in [0, 0.05) is 24.0 Å². The maximum atomic E-state index is 12.5. The van der Waals surface area contributed by atoms with E-state index in [1.807, 2.05) is 23.3 Å². The number of thiophene rings is 1. The van der Waals surface area contributed by atoms with Gasteiger partial charge in [-0.1, -0.05) is 0 Å². The van der Waals surface area contributed by atoms with E-state index in [-0.39, 0.29) is 17.4 Å². The number of hydrogen-bond acceptors (Lipinski definition) is 4. The van der Waals surface area contributed by atoms with Gasteiger partial charge in [0.1, 0.15) is 0 Å². The monoisotopic (exact) mass is 328 g/mol. The average molecular weight is 328 g/mol. The second-order valence-electron chi connectivity index (χ2n) is 6.36. The van der Waals surface area contributed by atoms with Crippen molar-refractivity contribution in [2.24, 2.45) is 5.41 Å². The Hall–Kier alpha value is -0.920. The van der Waals surface area contributed by atoms with Gasteiger partial charge in [-0.15, -0.1) is 11.3 Å². The number of nitrogens with one attached hydrogen (secondary N) is 1. The summed E-state index contributed by atoms with van der Waals surface area (Å²) in [5, 5.41) is 1.95. The minimum absolute atomic E-state index is 0.0398. The van der Waals surface area contributed by atoms with E-state index in [1.54, 1.807) is 11.3 Å². The van der Waals surface area contributed by atoms with Crippen LogP contribution in [0.4, 0.5) is 0 Å². The van der Waals surface area contributed by atoms with Crippen molar-refractivity contribution in [1.82, 2.24) is 9.62 Å². The van der Waals surface area contributed by atoms with E-state index in [2.05, 4.69) is 4.72 Å². The first-order chi connectivity index (χ1) is 9.78. The number of hydrogen-bond donors (Lipinski definition) is 1. The molecular weight excluding hydrogens is 308 g/mol. The third kappa shape index (κ3) is 3.00. The van der Waals surface area contributed by atoms with Gasteiger partial charge < -0.3 is 4.90 Å². The predicted molar refractivity (Wildman–Crippen MR) is 83.0 cm³/mol. The van der Waals surface area contributed by atoms with Gasteiger partial charge in [-0.3, -0.25) is 4.79 Å². The zero-order valence-electron chi connectivity index (χ0n) is 12.3. The van der Waals surface area contributed by atoms with Crippen LogP contribution < -0.4 is 4.72 Å². The molecule has 0 radical (unpaired) electrons. The summed E-state index contributed by atoms with van der Waals surface area (Å²) >= 11 is 1.59. The van der Waals surface area contributed by atoms with Crippen LogP contribution in [0.5, 0.6) is 0 Å². The number of amides is 1. The molecule has 1 saturated heterocycles. The molecule has 0 atom stereocenters. The van der Waals surface area contributed by atoms with Gasteiger partial charge in [0.15, 0.2) is 0 Å². The van der Waals surface area contributed by atoms with Crippen molar-refractivity contribution in [2.45, 2.75) is 32.2 Å². The van der Waals surface area contributed by atoms with Gasteiger partial charge >= 0.3 is 0 Å². The van der Waals surface area contributed by atoms with E-state index in [4.69, 9.17) is 0 Å². The molecule has 1 aliphatic heterocycles. The summed E-state index contributed by atoms with van der Waals surface area (Å²) in [7, 11) is -3.13. The molecule has 116 valence electrons. The van der Waals surface area contributed by atoms with Gasteiger partial charge in [0.05, 0.1) is 11.8 Å². The van der Waals surface area contributed by atoms with Crippen molar-refractivity contribution in [1.29, 1.82) is 0 Å². The lowest BCUT2D eigenvalue weighted by Crippen LogP contribution is -2.51. The molecule has 1 N–H and O–H groups in total. The summed E-state index contributed by atoms with van der Waals surface area (Å²) in [5.41, 5.74) is 0.935. The summed E-state index contributed by atoms with van der Waals surface area (Å²) in [6, 6.07) is 1.93. The summed E-state index contributed by atoms with van der Waals surface area (Å²) in [5.74, 6) is 0.116. The van der Waals surface area contributed by atoms with Crippen LogP contribution in [-0.2, 0) is 10.0 Å². The Morgan fingerprint density at radius 2 is 2.19 bits per heavy atom. The molecule has 2 aliphatic rings. The topological polar surface area (TPSA) is 66.5 Å². The van der Waals surface area contributed by atoms with E-state index >= 15 is 0 Å². The van der Waals surface area contributed by atoms with E-state index < -0.39 is 10.0 Å². The van der Waals surface area contributed by atoms with Crippen LogP contribution in [0.25, 0.3) is 0 Å². The third-order valence-electron chi connectivity index (χ3n) is 4.55. The molecule has 1 amide bonds. The zero-order valence-corrected chi connectivity index (χ0v) is 13.9. The molecule has 21 heavy (non-hydrogen) atoms. The Morgan fingerprint density at radius 3 is 2.76 bits per heavy atom. The number of aryl methyl sites for hydroxylation is 1. The second kappa shape index (κ2) is 5.07. The van der Waals surface area contributed by atoms with Crippen molar-refractivity contribution in [3.05, 3.63) is 21.9 Å². The highest BCUT2D eigenvalue weighted by Crippen LogP contribution is 2.48. The molecule has 1 saturated carbocycles. The quantitative estimate of drug-likeness (QED) is 0.916. The molecule has 3 rings (SSSR count). The lowest BCUT2D eigenvalue weighted by molar-refractivity contribution is 0.0688. The first-order valence-corrected chi connectivity index (χ1v) is 9.86. The molecule has 1 spiro atoms. The van der Waals surface area contributed by atoms with Crippen LogP contribution in [0.2, 0.25) is 0 Å². The van der Waals surface area contributed by atoms with E-state index in [0.29, 0.717) is 0 Å². The Balaban J connectivity index is 1.60. The fraction of sp³-hybridized carbons (Fsp3) is 0.643. The molecule has 0 aromatic carbocycles. The fourth-order valence-corrected chi connectivity index (χ4v) is 5.05. The van der Waals surface area contributed by atoms with Gasteiger partial charge in [-0.05, 0) is 43.0 Å². The molecule has 1 aromatic rings. The maximum Gasteiger partial charge on any atom is 0.254 e. The molecule has 1 aromatic heterocycles. The molecular formula is C14H20N2O3S2. The van der Waals surface area contributed by atoms with Crippen molar-refractivity contribution >= 4 is 27.3 Å². The maximum absolute atomic E-state index is 12.5. The predicted octanol–water partition coefficient (Wildman–Crippen LogP) is 1.60. The normalized spacial score (nSPS) is 28.9. The van der Waals surface area contributed by atoms with Crippen molar-refractivity contribution < 1.29 is 13.2 Å². The number of sulfonamides is 1. The molecule has 0 bridgehead atoms. The van der Waals surface area contributed by atoms with E-state index in [0.717, 1.165) is 42.8 Å². The van der Waals surface area contributed by atoms with Gasteiger partial charge in [-0.2, -0.15) is 0 Å². The Labute approximate surface area is 129 Å². The fourth-order valence-electron chi connectivity index (χ4n) is 3.59. The largest absolute Gasteiger partial charge is 0.338 e. The summed E-state index contributed by atoms with van der Waals surface area (Å²) < 4.78 is 25.1. The minimum atomic E-state index is -3.13. The van der Waals surface area contributed by atoms with E-state index in [1.165, 1.54) is 6.26 Å². The number of carbonyl (C=O) groups excluding carboxylic acids is 1. The number of carbonyl (C=O) groups is 1. The van der Waals surface area contributed by atoms with E-state index in [9.17, 15) is 13.2 Å². The summed E-state index contributed by atoms with van der Waals surface area (Å²) in [6.07, 6.45) is 3.85. The number of rotatable bonds is 3. The van der Waals surface area contributed by atoms with Gasteiger partial charge in [0.2, 0.25) is 10.0 Å². The van der Waals surface area contributed by atoms with Crippen LogP contribution >= 0.6 is 11.3 Å². The van der Waals surface area contributed by atoms with Crippen LogP contribution in [0.1, 0.15) is 34.5 Å². The number of likely N-dealkylation sites (tertiary alicyclic amines) is 1. The highest BCUT2D eigenvalue weighted by molar-refractivity contribution is 7.88. The molecule has 5 nitrogen and oxygen atoms in total. The van der Waals surface area contributed by atoms with Crippen LogP contribution in [0.3, 0.4) is 0 Å². The standard InChI is InChI=1S/C14H20N2O3S2/c1-10-12(3-6-20-10)13(17)16-5-4-14(9-16)7-11(8-14)15-21(2,18)19/h3,6,11,15H,4-5,7-9H2,1-2H3. The lowest BCUT2D eigenvalue weighted by atomic mass is 9.65. The van der Waals surface area contributed by atoms with Gasteiger partial charge in [-0.25, -0.2) is 13.1 Å². The number of nitrogens with zero attached hydrogens (tertiary/aromatic N) is 1. The Morgan fingerprint density at radius 1 is 1.48 bits per heavy atom. The molecule has 2 heterocycles. The van der Waals surface area contributed by atoms with Crippen LogP contribution in [0, 0.1) is 12.3 Å². The van der Waals surface area contributed by atoms with Crippen molar-refractivity contribution in [3.63, 3.8) is 0 Å². The first-order valence-electron chi connectivity index (χ1n) is 7.09. The highest BCUT2D eigenvalue weighted by atomic mass is 32.2. The lowest BCUT2D eigenvalue weighted by Gasteiger charge is -2.45. The van der Waals surface area contributed by atoms with Gasteiger partial charge in [0.25, 0.3) is 5.91 Å². The molecule has 7 heteroatoms.